The molecule has 1 aromatic rings. The van der Waals surface area contributed by atoms with Crippen LogP contribution in [0.15, 0.2) is 35.3 Å². The van der Waals surface area contributed by atoms with Crippen molar-refractivity contribution in [3.8, 4) is 0 Å². The van der Waals surface area contributed by atoms with Crippen molar-refractivity contribution in [1.29, 1.82) is 0 Å². The molecule has 0 amide bonds. The van der Waals surface area contributed by atoms with Gasteiger partial charge in [-0.3, -0.25) is 4.79 Å². The lowest BCUT2D eigenvalue weighted by Crippen LogP contribution is -2.09. The third kappa shape index (κ3) is 2.08. The van der Waals surface area contributed by atoms with Crippen LogP contribution in [0.25, 0.3) is 0 Å². The third-order valence-electron chi connectivity index (χ3n) is 1.47. The molecule has 0 saturated carbocycles. The average Bonchev–Trinajstić information content (AvgIpc) is 2.03. The summed E-state index contributed by atoms with van der Waals surface area (Å²) in [5.74, 6) is 0. The van der Waals surface area contributed by atoms with Gasteiger partial charge in [0.1, 0.15) is 0 Å². The van der Waals surface area contributed by atoms with Crippen molar-refractivity contribution in [3.05, 3.63) is 46.4 Å². The molecule has 2 nitrogen and oxygen atoms in total. The highest BCUT2D eigenvalue weighted by molar-refractivity contribution is 5.12. The predicted octanol–water partition coefficient (Wildman–Crippen LogP) is 1.49. The van der Waals surface area contributed by atoms with Crippen LogP contribution in [-0.4, -0.2) is 4.98 Å². The van der Waals surface area contributed by atoms with Crippen molar-refractivity contribution >= 4 is 0 Å². The van der Waals surface area contributed by atoms with Crippen molar-refractivity contribution in [2.24, 2.45) is 0 Å². The van der Waals surface area contributed by atoms with Crippen molar-refractivity contribution in [2.75, 3.05) is 0 Å². The fourth-order valence-electron chi connectivity index (χ4n) is 0.862. The Morgan fingerprint density at radius 2 is 2.45 bits per heavy atom. The van der Waals surface area contributed by atoms with Crippen LogP contribution in [0.2, 0.25) is 0 Å². The number of pyridine rings is 1. The molecular weight excluding hydrogens is 138 g/mol. The van der Waals surface area contributed by atoms with Gasteiger partial charge in [0.05, 0.1) is 0 Å². The molecule has 58 valence electrons. The van der Waals surface area contributed by atoms with E-state index in [1.807, 2.05) is 31.2 Å². The van der Waals surface area contributed by atoms with E-state index >= 15 is 0 Å². The molecule has 0 radical (unpaired) electrons. The van der Waals surface area contributed by atoms with Gasteiger partial charge in [0, 0.05) is 11.8 Å². The highest BCUT2D eigenvalue weighted by Gasteiger charge is 1.92. The first-order valence-electron chi connectivity index (χ1n) is 3.62. The zero-order valence-corrected chi connectivity index (χ0v) is 6.50. The van der Waals surface area contributed by atoms with E-state index in [-0.39, 0.29) is 5.56 Å². The summed E-state index contributed by atoms with van der Waals surface area (Å²) in [7, 11) is 0. The summed E-state index contributed by atoms with van der Waals surface area (Å²) in [6.45, 7) is 1.94. The lowest BCUT2D eigenvalue weighted by atomic mass is 10.2. The molecule has 0 bridgehead atoms. The van der Waals surface area contributed by atoms with E-state index in [9.17, 15) is 4.79 Å². The average molecular weight is 149 g/mol. The first-order valence-corrected chi connectivity index (χ1v) is 3.62. The molecule has 0 aliphatic rings. The zero-order valence-electron chi connectivity index (χ0n) is 6.50. The molecule has 0 aliphatic carbocycles. The number of allylic oxidation sites excluding steroid dienone is 2. The summed E-state index contributed by atoms with van der Waals surface area (Å²) in [5.41, 5.74) is 0.816. The highest BCUT2D eigenvalue weighted by Crippen LogP contribution is 1.91. The summed E-state index contributed by atoms with van der Waals surface area (Å²) in [4.78, 5) is 13.7. The molecule has 0 fully saturated rings. The summed E-state index contributed by atoms with van der Waals surface area (Å²) in [5, 5.41) is 0. The van der Waals surface area contributed by atoms with Crippen LogP contribution >= 0.6 is 0 Å². The van der Waals surface area contributed by atoms with Gasteiger partial charge >= 0.3 is 0 Å². The van der Waals surface area contributed by atoms with Gasteiger partial charge in [0.15, 0.2) is 0 Å². The van der Waals surface area contributed by atoms with Crippen LogP contribution in [-0.2, 0) is 6.42 Å². The van der Waals surface area contributed by atoms with Crippen molar-refractivity contribution < 1.29 is 0 Å². The van der Waals surface area contributed by atoms with Crippen molar-refractivity contribution in [1.82, 2.24) is 4.98 Å². The van der Waals surface area contributed by atoms with Crippen LogP contribution in [0.1, 0.15) is 12.5 Å². The van der Waals surface area contributed by atoms with Gasteiger partial charge in [-0.2, -0.15) is 0 Å². The van der Waals surface area contributed by atoms with Crippen LogP contribution in [0.5, 0.6) is 0 Å². The fourth-order valence-corrected chi connectivity index (χ4v) is 0.862. The van der Waals surface area contributed by atoms with E-state index in [1.54, 1.807) is 6.20 Å². The smallest absolute Gasteiger partial charge is 0.251 e. The number of H-pyrrole nitrogens is 1. The monoisotopic (exact) mass is 149 g/mol. The number of hydrogen-bond acceptors (Lipinski definition) is 1. The van der Waals surface area contributed by atoms with E-state index in [0.717, 1.165) is 5.56 Å². The molecule has 0 aromatic carbocycles. The Hall–Kier alpha value is -1.31. The van der Waals surface area contributed by atoms with Gasteiger partial charge in [-0.05, 0) is 19.4 Å². The Bertz CT molecular complexity index is 298. The van der Waals surface area contributed by atoms with E-state index < -0.39 is 0 Å². The second-order valence-electron chi connectivity index (χ2n) is 2.30. The van der Waals surface area contributed by atoms with Gasteiger partial charge < -0.3 is 4.98 Å². The van der Waals surface area contributed by atoms with Gasteiger partial charge in [0.2, 0.25) is 0 Å². The SMILES string of the molecule is CC=CCc1ccc[nH]c1=O. The fraction of sp³-hybridized carbons (Fsp3) is 0.222. The normalized spacial score (nSPS) is 10.6. The molecule has 1 heterocycles. The summed E-state index contributed by atoms with van der Waals surface area (Å²) < 4.78 is 0. The quantitative estimate of drug-likeness (QED) is 0.635. The number of rotatable bonds is 2. The Morgan fingerprint density at radius 1 is 1.64 bits per heavy atom. The van der Waals surface area contributed by atoms with Crippen LogP contribution < -0.4 is 5.56 Å². The summed E-state index contributed by atoms with van der Waals surface area (Å²) in [6, 6.07) is 3.67. The predicted molar refractivity (Wildman–Crippen MR) is 45.6 cm³/mol. The minimum Gasteiger partial charge on any atom is -0.329 e. The number of aromatic amines is 1. The van der Waals surface area contributed by atoms with E-state index in [2.05, 4.69) is 4.98 Å². The van der Waals surface area contributed by atoms with Gasteiger partial charge in [-0.15, -0.1) is 0 Å². The van der Waals surface area contributed by atoms with Crippen LogP contribution in [0.4, 0.5) is 0 Å². The number of aromatic nitrogens is 1. The zero-order chi connectivity index (χ0) is 8.10. The molecule has 11 heavy (non-hydrogen) atoms. The molecule has 0 saturated heterocycles. The maximum atomic E-state index is 11.0. The topological polar surface area (TPSA) is 32.9 Å². The van der Waals surface area contributed by atoms with Crippen molar-refractivity contribution in [2.45, 2.75) is 13.3 Å². The first-order chi connectivity index (χ1) is 5.34. The maximum absolute atomic E-state index is 11.0. The molecule has 1 N–H and O–H groups in total. The minimum absolute atomic E-state index is 0.00519. The van der Waals surface area contributed by atoms with E-state index in [4.69, 9.17) is 0 Å². The molecule has 0 unspecified atom stereocenters. The van der Waals surface area contributed by atoms with Crippen LogP contribution in [0, 0.1) is 0 Å². The third-order valence-corrected chi connectivity index (χ3v) is 1.47. The second-order valence-corrected chi connectivity index (χ2v) is 2.30. The standard InChI is InChI=1S/C9H11NO/c1-2-3-5-8-6-4-7-10-9(8)11/h2-4,6-7H,5H2,1H3,(H,10,11). The molecule has 2 heteroatoms. The van der Waals surface area contributed by atoms with E-state index in [0.29, 0.717) is 6.42 Å². The molecule has 0 atom stereocenters. The first kappa shape index (κ1) is 7.79. The van der Waals surface area contributed by atoms with Crippen molar-refractivity contribution in [3.63, 3.8) is 0 Å². The van der Waals surface area contributed by atoms with Gasteiger partial charge in [-0.25, -0.2) is 0 Å². The van der Waals surface area contributed by atoms with E-state index in [1.165, 1.54) is 0 Å². The maximum Gasteiger partial charge on any atom is 0.251 e. The lowest BCUT2D eigenvalue weighted by Gasteiger charge is -1.91. The molecule has 1 rings (SSSR count). The lowest BCUT2D eigenvalue weighted by molar-refractivity contribution is 1.12. The Labute approximate surface area is 65.6 Å². The molecule has 0 aliphatic heterocycles. The second kappa shape index (κ2) is 3.76. The molecular formula is C9H11NO. The Morgan fingerprint density at radius 3 is 3.09 bits per heavy atom. The number of hydrogen-bond donors (Lipinski definition) is 1. The Balaban J connectivity index is 2.86. The van der Waals surface area contributed by atoms with Crippen LogP contribution in [0.3, 0.4) is 0 Å². The molecule has 0 spiro atoms. The Kier molecular flexibility index (Phi) is 2.66. The van der Waals surface area contributed by atoms with Gasteiger partial charge in [0.25, 0.3) is 5.56 Å². The largest absolute Gasteiger partial charge is 0.329 e. The van der Waals surface area contributed by atoms with Gasteiger partial charge in [-0.1, -0.05) is 18.2 Å². The molecule has 1 aromatic heterocycles. The summed E-state index contributed by atoms with van der Waals surface area (Å²) >= 11 is 0. The summed E-state index contributed by atoms with van der Waals surface area (Å²) in [6.07, 6.45) is 6.26. The highest BCUT2D eigenvalue weighted by atomic mass is 16.1. The number of nitrogens with one attached hydrogen (secondary N) is 1. The minimum atomic E-state index is 0.00519.